The van der Waals surface area contributed by atoms with E-state index >= 15 is 0 Å². The van der Waals surface area contributed by atoms with Crippen molar-refractivity contribution in [2.45, 2.75) is 39.4 Å². The van der Waals surface area contributed by atoms with Gasteiger partial charge in [0, 0.05) is 46.3 Å². The number of aliphatic imine (C=N–C) groups is 1. The van der Waals surface area contributed by atoms with E-state index in [1.54, 1.807) is 26.0 Å². The van der Waals surface area contributed by atoms with Crippen LogP contribution in [0.25, 0.3) is 0 Å². The lowest BCUT2D eigenvalue weighted by Gasteiger charge is -2.30. The molecule has 1 aliphatic rings. The molecule has 3 rings (SSSR count). The Morgan fingerprint density at radius 1 is 1.00 bits per heavy atom. The van der Waals surface area contributed by atoms with Crippen molar-refractivity contribution in [1.29, 1.82) is 0 Å². The second-order valence-corrected chi connectivity index (χ2v) is 8.90. The quantitative estimate of drug-likeness (QED) is 0.516. The molecule has 0 unspecified atom stereocenters. The lowest BCUT2D eigenvalue weighted by atomic mass is 9.98. The molecule has 1 heterocycles. The van der Waals surface area contributed by atoms with Crippen LogP contribution in [0.4, 0.5) is 0 Å². The highest BCUT2D eigenvalue weighted by molar-refractivity contribution is 5.93. The SMILES string of the molecule is CN=C(NCc1ccc(C(=O)N(C)C)cc1)NCc1ccccc1CN1CCC(C)CC1. The first-order valence-corrected chi connectivity index (χ1v) is 11.5. The molecule has 32 heavy (non-hydrogen) atoms. The van der Waals surface area contributed by atoms with Crippen molar-refractivity contribution >= 4 is 11.9 Å². The van der Waals surface area contributed by atoms with Crippen molar-refractivity contribution in [2.75, 3.05) is 34.2 Å². The number of hydrogen-bond donors (Lipinski definition) is 2. The molecular weight excluding hydrogens is 398 g/mol. The lowest BCUT2D eigenvalue weighted by Crippen LogP contribution is -2.37. The van der Waals surface area contributed by atoms with Crippen LogP contribution < -0.4 is 10.6 Å². The summed E-state index contributed by atoms with van der Waals surface area (Å²) in [6.07, 6.45) is 2.59. The predicted molar refractivity (Wildman–Crippen MR) is 132 cm³/mol. The Balaban J connectivity index is 1.52. The first kappa shape index (κ1) is 23.8. The molecule has 1 aliphatic heterocycles. The Labute approximate surface area is 192 Å². The van der Waals surface area contributed by atoms with Crippen molar-refractivity contribution in [3.05, 3.63) is 70.8 Å². The maximum Gasteiger partial charge on any atom is 0.253 e. The second-order valence-electron chi connectivity index (χ2n) is 8.90. The number of guanidine groups is 1. The summed E-state index contributed by atoms with van der Waals surface area (Å²) >= 11 is 0. The standard InChI is InChI=1S/C26H37N5O/c1-20-13-15-31(16-14-20)19-24-8-6-5-7-23(24)18-29-26(27-2)28-17-21-9-11-22(12-10-21)25(32)30(3)4/h5-12,20H,13-19H2,1-4H3,(H2,27,28,29). The van der Waals surface area contributed by atoms with Gasteiger partial charge in [0.05, 0.1) is 0 Å². The van der Waals surface area contributed by atoms with E-state index in [9.17, 15) is 4.79 Å². The third-order valence-electron chi connectivity index (χ3n) is 6.13. The minimum atomic E-state index is 0.0136. The maximum absolute atomic E-state index is 12.0. The third kappa shape index (κ3) is 6.82. The van der Waals surface area contributed by atoms with Crippen molar-refractivity contribution in [3.8, 4) is 0 Å². The fourth-order valence-corrected chi connectivity index (χ4v) is 3.95. The van der Waals surface area contributed by atoms with Gasteiger partial charge < -0.3 is 15.5 Å². The molecule has 0 bridgehead atoms. The number of nitrogens with one attached hydrogen (secondary N) is 2. The van der Waals surface area contributed by atoms with Gasteiger partial charge in [0.15, 0.2) is 5.96 Å². The highest BCUT2D eigenvalue weighted by Gasteiger charge is 2.16. The number of carbonyl (C=O) groups excluding carboxylic acids is 1. The van der Waals surface area contributed by atoms with Crippen LogP contribution in [0.2, 0.25) is 0 Å². The van der Waals surface area contributed by atoms with Crippen LogP contribution in [0.3, 0.4) is 0 Å². The number of benzene rings is 2. The van der Waals surface area contributed by atoms with Gasteiger partial charge in [-0.2, -0.15) is 0 Å². The highest BCUT2D eigenvalue weighted by atomic mass is 16.2. The zero-order chi connectivity index (χ0) is 22.9. The molecule has 2 aromatic carbocycles. The Morgan fingerprint density at radius 2 is 1.62 bits per heavy atom. The Kier molecular flexibility index (Phi) is 8.68. The van der Waals surface area contributed by atoms with E-state index in [2.05, 4.69) is 51.7 Å². The zero-order valence-corrected chi connectivity index (χ0v) is 19.9. The minimum absolute atomic E-state index is 0.0136. The van der Waals surface area contributed by atoms with Gasteiger partial charge in [-0.1, -0.05) is 43.3 Å². The van der Waals surface area contributed by atoms with Crippen molar-refractivity contribution in [3.63, 3.8) is 0 Å². The average molecular weight is 436 g/mol. The zero-order valence-electron chi connectivity index (χ0n) is 19.9. The number of likely N-dealkylation sites (tertiary alicyclic amines) is 1. The monoisotopic (exact) mass is 435 g/mol. The van der Waals surface area contributed by atoms with Gasteiger partial charge in [-0.3, -0.25) is 14.7 Å². The second kappa shape index (κ2) is 11.7. The summed E-state index contributed by atoms with van der Waals surface area (Å²) in [4.78, 5) is 20.5. The van der Waals surface area contributed by atoms with Crippen LogP contribution in [0.15, 0.2) is 53.5 Å². The molecule has 6 heteroatoms. The molecule has 1 saturated heterocycles. The molecule has 2 N–H and O–H groups in total. The largest absolute Gasteiger partial charge is 0.352 e. The smallest absolute Gasteiger partial charge is 0.253 e. The fraction of sp³-hybridized carbons (Fsp3) is 0.462. The normalized spacial score (nSPS) is 15.4. The first-order chi connectivity index (χ1) is 15.5. The third-order valence-corrected chi connectivity index (χ3v) is 6.13. The van der Waals surface area contributed by atoms with Gasteiger partial charge in [0.25, 0.3) is 5.91 Å². The number of piperidine rings is 1. The number of nitrogens with zero attached hydrogens (tertiary/aromatic N) is 3. The molecule has 0 radical (unpaired) electrons. The fourth-order valence-electron chi connectivity index (χ4n) is 3.95. The number of rotatable bonds is 7. The Morgan fingerprint density at radius 3 is 2.25 bits per heavy atom. The molecule has 0 saturated carbocycles. The molecule has 0 aliphatic carbocycles. The van der Waals surface area contributed by atoms with E-state index in [1.807, 2.05) is 24.3 Å². The lowest BCUT2D eigenvalue weighted by molar-refractivity contribution is 0.0827. The Bertz CT molecular complexity index is 899. The molecule has 0 atom stereocenters. The maximum atomic E-state index is 12.0. The van der Waals surface area contributed by atoms with E-state index in [4.69, 9.17) is 0 Å². The van der Waals surface area contributed by atoms with Gasteiger partial charge in [0.2, 0.25) is 0 Å². The van der Waals surface area contributed by atoms with E-state index < -0.39 is 0 Å². The van der Waals surface area contributed by atoms with Gasteiger partial charge in [0.1, 0.15) is 0 Å². The van der Waals surface area contributed by atoms with Gasteiger partial charge in [-0.25, -0.2) is 0 Å². The number of amides is 1. The molecule has 2 aromatic rings. The van der Waals surface area contributed by atoms with Crippen LogP contribution in [0.5, 0.6) is 0 Å². The summed E-state index contributed by atoms with van der Waals surface area (Å²) < 4.78 is 0. The van der Waals surface area contributed by atoms with E-state index in [1.165, 1.54) is 37.1 Å². The van der Waals surface area contributed by atoms with Gasteiger partial charge in [-0.05, 0) is 60.7 Å². The van der Waals surface area contributed by atoms with Crippen molar-refractivity contribution in [1.82, 2.24) is 20.4 Å². The van der Waals surface area contributed by atoms with Crippen LogP contribution in [-0.2, 0) is 19.6 Å². The van der Waals surface area contributed by atoms with Gasteiger partial charge >= 0.3 is 0 Å². The van der Waals surface area contributed by atoms with Crippen molar-refractivity contribution < 1.29 is 4.79 Å². The molecule has 1 fully saturated rings. The van der Waals surface area contributed by atoms with Crippen molar-refractivity contribution in [2.24, 2.45) is 10.9 Å². The summed E-state index contributed by atoms with van der Waals surface area (Å²) in [5, 5.41) is 6.81. The topological polar surface area (TPSA) is 60.0 Å². The molecule has 0 aromatic heterocycles. The highest BCUT2D eigenvalue weighted by Crippen LogP contribution is 2.19. The molecule has 6 nitrogen and oxygen atoms in total. The molecule has 1 amide bonds. The average Bonchev–Trinajstić information content (AvgIpc) is 2.81. The first-order valence-electron chi connectivity index (χ1n) is 11.5. The number of hydrogen-bond acceptors (Lipinski definition) is 3. The van der Waals surface area contributed by atoms with E-state index in [-0.39, 0.29) is 5.91 Å². The summed E-state index contributed by atoms with van der Waals surface area (Å²) in [6.45, 7) is 7.11. The Hall–Kier alpha value is -2.86. The number of carbonyl (C=O) groups is 1. The summed E-state index contributed by atoms with van der Waals surface area (Å²) in [5.41, 5.74) is 4.48. The van der Waals surface area contributed by atoms with E-state index in [0.29, 0.717) is 12.1 Å². The summed E-state index contributed by atoms with van der Waals surface area (Å²) in [6, 6.07) is 16.4. The van der Waals surface area contributed by atoms with Crippen LogP contribution in [0.1, 0.15) is 46.8 Å². The molecular formula is C26H37N5O. The van der Waals surface area contributed by atoms with Crippen LogP contribution >= 0.6 is 0 Å². The van der Waals surface area contributed by atoms with Crippen LogP contribution in [-0.4, -0.2) is 55.9 Å². The van der Waals surface area contributed by atoms with Gasteiger partial charge in [-0.15, -0.1) is 0 Å². The minimum Gasteiger partial charge on any atom is -0.352 e. The van der Waals surface area contributed by atoms with E-state index in [0.717, 1.165) is 30.5 Å². The summed E-state index contributed by atoms with van der Waals surface area (Å²) in [7, 11) is 5.31. The molecule has 0 spiro atoms. The summed E-state index contributed by atoms with van der Waals surface area (Å²) in [5.74, 6) is 1.63. The van der Waals surface area contributed by atoms with Crippen LogP contribution in [0, 0.1) is 5.92 Å². The predicted octanol–water partition coefficient (Wildman–Crippen LogP) is 3.49. The molecule has 172 valence electrons.